The fraction of sp³-hybridized carbons (Fsp3) is 0.476. The molecule has 0 radical (unpaired) electrons. The molecule has 4 rings (SSSR count). The largest absolute Gasteiger partial charge is 0.309 e. The number of halogens is 2. The summed E-state index contributed by atoms with van der Waals surface area (Å²) in [6.07, 6.45) is 2.75. The monoisotopic (exact) mass is 446 g/mol. The van der Waals surface area contributed by atoms with Crippen LogP contribution < -0.4 is 10.6 Å². The molecule has 10 heteroatoms. The van der Waals surface area contributed by atoms with E-state index in [0.29, 0.717) is 31.5 Å². The topological polar surface area (TPSA) is 92.7 Å². The van der Waals surface area contributed by atoms with Crippen LogP contribution in [0.25, 0.3) is 21.5 Å². The molecule has 0 saturated heterocycles. The second-order valence-electron chi connectivity index (χ2n) is 7.84. The molecular weight excluding hydrogens is 422 g/mol. The van der Waals surface area contributed by atoms with E-state index >= 15 is 0 Å². The van der Waals surface area contributed by atoms with Crippen molar-refractivity contribution in [2.75, 3.05) is 18.7 Å². The maximum Gasteiger partial charge on any atom is 0.228 e. The van der Waals surface area contributed by atoms with Crippen LogP contribution in [0.3, 0.4) is 0 Å². The minimum Gasteiger partial charge on any atom is -0.309 e. The number of nitrogens with zero attached hydrogens (tertiary/aromatic N) is 4. The Morgan fingerprint density at radius 3 is 2.55 bits per heavy atom. The minimum atomic E-state index is -0.753. The van der Waals surface area contributed by atoms with E-state index < -0.39 is 19.4 Å². The van der Waals surface area contributed by atoms with Crippen LogP contribution in [0, 0.1) is 12.8 Å². The molecule has 2 heterocycles. The van der Waals surface area contributed by atoms with Crippen LogP contribution in [0.2, 0.25) is 0 Å². The quantitative estimate of drug-likeness (QED) is 0.573. The third-order valence-corrected chi connectivity index (χ3v) is 6.44. The number of benzene rings is 1. The maximum absolute atomic E-state index is 12.7. The normalized spacial score (nSPS) is 19.1. The summed E-state index contributed by atoms with van der Waals surface area (Å²) < 4.78 is 25.4. The number of nitrogens with one attached hydrogen (secondary N) is 2. The highest BCUT2D eigenvalue weighted by Crippen LogP contribution is 2.28. The van der Waals surface area contributed by atoms with Crippen LogP contribution in [-0.4, -0.2) is 51.7 Å². The van der Waals surface area contributed by atoms with Gasteiger partial charge in [-0.2, -0.15) is 0 Å². The molecule has 1 amide bonds. The highest BCUT2D eigenvalue weighted by molar-refractivity contribution is 7.14. The van der Waals surface area contributed by atoms with Crippen LogP contribution in [0.4, 0.5) is 14.6 Å². The van der Waals surface area contributed by atoms with Crippen molar-refractivity contribution in [3.8, 4) is 10.6 Å². The maximum atomic E-state index is 12.7. The number of aryl methyl sites for hydroxylation is 1. The number of amides is 1. The zero-order valence-electron chi connectivity index (χ0n) is 17.1. The Balaban J connectivity index is 1.39. The molecule has 3 aromatic rings. The lowest BCUT2D eigenvalue weighted by Crippen LogP contribution is -2.44. The number of carbonyl (C=O) groups excluding carboxylic acids is 1. The lowest BCUT2D eigenvalue weighted by Gasteiger charge is -2.30. The van der Waals surface area contributed by atoms with Crippen molar-refractivity contribution in [1.82, 2.24) is 25.7 Å². The first-order valence-corrected chi connectivity index (χ1v) is 11.1. The summed E-state index contributed by atoms with van der Waals surface area (Å²) in [6.45, 7) is 0.459. The summed E-state index contributed by atoms with van der Waals surface area (Å²) in [4.78, 5) is 12.7. The SMILES string of the molecule is Cc1nnc(-c2ccc3nnc(NC(=O)[C@H]4CC[C@H](NC(CF)CF)CC4)cc3c2)s1. The molecule has 1 aromatic carbocycles. The molecule has 0 atom stereocenters. The van der Waals surface area contributed by atoms with Gasteiger partial charge in [-0.15, -0.1) is 20.4 Å². The predicted octanol–water partition coefficient (Wildman–Crippen LogP) is 3.85. The van der Waals surface area contributed by atoms with Crippen molar-refractivity contribution in [3.05, 3.63) is 29.3 Å². The molecule has 0 unspecified atom stereocenters. The number of fused-ring (bicyclic) bond motifs is 1. The lowest BCUT2D eigenvalue weighted by molar-refractivity contribution is -0.120. The number of aromatic nitrogens is 4. The van der Waals surface area contributed by atoms with Crippen LogP contribution in [0.15, 0.2) is 24.3 Å². The van der Waals surface area contributed by atoms with Gasteiger partial charge in [-0.25, -0.2) is 8.78 Å². The molecule has 0 bridgehead atoms. The molecule has 0 spiro atoms. The number of hydrogen-bond donors (Lipinski definition) is 2. The summed E-state index contributed by atoms with van der Waals surface area (Å²) in [5.41, 5.74) is 1.67. The van der Waals surface area contributed by atoms with E-state index in [-0.39, 0.29) is 17.9 Å². The third kappa shape index (κ3) is 5.19. The van der Waals surface area contributed by atoms with Gasteiger partial charge in [0.05, 0.1) is 11.6 Å². The summed E-state index contributed by atoms with van der Waals surface area (Å²) in [7, 11) is 0. The highest BCUT2D eigenvalue weighted by atomic mass is 32.1. The van der Waals surface area contributed by atoms with Crippen molar-refractivity contribution in [3.63, 3.8) is 0 Å². The number of carbonyl (C=O) groups is 1. The van der Waals surface area contributed by atoms with E-state index in [4.69, 9.17) is 0 Å². The molecular formula is C21H24F2N6OS. The van der Waals surface area contributed by atoms with Crippen molar-refractivity contribution in [2.45, 2.75) is 44.7 Å². The molecule has 31 heavy (non-hydrogen) atoms. The Kier molecular flexibility index (Phi) is 6.77. The summed E-state index contributed by atoms with van der Waals surface area (Å²) in [5, 5.41) is 25.0. The number of alkyl halides is 2. The lowest BCUT2D eigenvalue weighted by atomic mass is 9.85. The number of hydrogen-bond acceptors (Lipinski definition) is 7. The molecule has 1 fully saturated rings. The van der Waals surface area contributed by atoms with E-state index in [1.165, 1.54) is 11.3 Å². The van der Waals surface area contributed by atoms with Gasteiger partial charge in [0.2, 0.25) is 5.91 Å². The summed E-state index contributed by atoms with van der Waals surface area (Å²) in [5.74, 6) is 0.147. The summed E-state index contributed by atoms with van der Waals surface area (Å²) >= 11 is 1.51. The molecule has 7 nitrogen and oxygen atoms in total. The molecule has 164 valence electrons. The predicted molar refractivity (Wildman–Crippen MR) is 116 cm³/mol. The van der Waals surface area contributed by atoms with Gasteiger partial charge in [0.15, 0.2) is 5.82 Å². The first-order chi connectivity index (χ1) is 15.1. The zero-order chi connectivity index (χ0) is 21.8. The smallest absolute Gasteiger partial charge is 0.228 e. The molecule has 2 N–H and O–H groups in total. The Morgan fingerprint density at radius 1 is 1.10 bits per heavy atom. The number of rotatable bonds is 7. The first kappa shape index (κ1) is 21.6. The van der Waals surface area contributed by atoms with Gasteiger partial charge in [0.1, 0.15) is 23.4 Å². The third-order valence-electron chi connectivity index (χ3n) is 5.55. The van der Waals surface area contributed by atoms with Crippen LogP contribution in [0.1, 0.15) is 30.7 Å². The summed E-state index contributed by atoms with van der Waals surface area (Å²) in [6, 6.07) is 6.86. The van der Waals surface area contributed by atoms with Crippen molar-refractivity contribution in [2.24, 2.45) is 5.92 Å². The number of anilines is 1. The fourth-order valence-electron chi connectivity index (χ4n) is 3.87. The molecule has 1 aliphatic carbocycles. The van der Waals surface area contributed by atoms with Gasteiger partial charge in [-0.1, -0.05) is 11.3 Å². The van der Waals surface area contributed by atoms with Crippen LogP contribution >= 0.6 is 11.3 Å². The van der Waals surface area contributed by atoms with E-state index in [0.717, 1.165) is 26.5 Å². The molecule has 0 aliphatic heterocycles. The van der Waals surface area contributed by atoms with Crippen molar-refractivity contribution >= 4 is 34.0 Å². The van der Waals surface area contributed by atoms with Gasteiger partial charge in [-0.05, 0) is 56.9 Å². The second kappa shape index (κ2) is 9.69. The Morgan fingerprint density at radius 2 is 1.87 bits per heavy atom. The molecule has 1 saturated carbocycles. The minimum absolute atomic E-state index is 0.0448. The van der Waals surface area contributed by atoms with E-state index in [1.807, 2.05) is 25.1 Å². The average Bonchev–Trinajstić information content (AvgIpc) is 3.23. The Bertz CT molecular complexity index is 1050. The van der Waals surface area contributed by atoms with Crippen LogP contribution in [-0.2, 0) is 4.79 Å². The Labute approximate surface area is 182 Å². The first-order valence-electron chi connectivity index (χ1n) is 10.3. The van der Waals surface area contributed by atoms with Crippen LogP contribution in [0.5, 0.6) is 0 Å². The van der Waals surface area contributed by atoms with Gasteiger partial charge in [0, 0.05) is 22.9 Å². The van der Waals surface area contributed by atoms with Gasteiger partial charge < -0.3 is 10.6 Å². The van der Waals surface area contributed by atoms with Gasteiger partial charge in [-0.3, -0.25) is 4.79 Å². The van der Waals surface area contributed by atoms with Gasteiger partial charge in [0.25, 0.3) is 0 Å². The highest BCUT2D eigenvalue weighted by Gasteiger charge is 2.27. The molecule has 1 aliphatic rings. The second-order valence-corrected chi connectivity index (χ2v) is 9.02. The average molecular weight is 447 g/mol. The van der Waals surface area contributed by atoms with Gasteiger partial charge >= 0.3 is 0 Å². The Hall–Kier alpha value is -2.59. The fourth-order valence-corrected chi connectivity index (χ4v) is 4.55. The van der Waals surface area contributed by atoms with E-state index in [9.17, 15) is 13.6 Å². The van der Waals surface area contributed by atoms with E-state index in [2.05, 4.69) is 31.0 Å². The van der Waals surface area contributed by atoms with E-state index in [1.54, 1.807) is 6.07 Å². The standard InChI is InChI=1S/C21H24F2N6OS/c1-12-26-29-21(31-12)14-4-7-18-15(8-14)9-19(28-27-18)25-20(30)13-2-5-16(6-3-13)24-17(10-22)11-23/h4,7-9,13,16-17,24H,2-3,5-6,10-11H2,1H3,(H,25,28,30)/t13-,16-. The molecule has 2 aromatic heterocycles. The van der Waals surface area contributed by atoms with Crippen molar-refractivity contribution in [1.29, 1.82) is 0 Å². The van der Waals surface area contributed by atoms with Crippen molar-refractivity contribution < 1.29 is 13.6 Å². The zero-order valence-corrected chi connectivity index (χ0v) is 18.0.